The molecule has 6 nitrogen and oxygen atoms in total. The zero-order valence-corrected chi connectivity index (χ0v) is 18.8. The smallest absolute Gasteiger partial charge is 0.269 e. The van der Waals surface area contributed by atoms with Crippen LogP contribution in [-0.2, 0) is 6.54 Å². The number of rotatable bonds is 3. The van der Waals surface area contributed by atoms with Crippen LogP contribution < -0.4 is 15.5 Å². The van der Waals surface area contributed by atoms with Gasteiger partial charge in [0.25, 0.3) is 5.56 Å². The van der Waals surface area contributed by atoms with Gasteiger partial charge in [0, 0.05) is 24.7 Å². The zero-order chi connectivity index (χ0) is 22.6. The van der Waals surface area contributed by atoms with Crippen molar-refractivity contribution in [3.05, 3.63) is 107 Å². The fourth-order valence-corrected chi connectivity index (χ4v) is 6.08. The van der Waals surface area contributed by atoms with Crippen LogP contribution in [-0.4, -0.2) is 27.2 Å². The van der Waals surface area contributed by atoms with E-state index >= 15 is 0 Å². The van der Waals surface area contributed by atoms with Crippen molar-refractivity contribution in [3.8, 4) is 0 Å². The summed E-state index contributed by atoms with van der Waals surface area (Å²) in [6, 6.07) is 27.1. The number of fused-ring (bicyclic) bond motifs is 3. The highest BCUT2D eigenvalue weighted by Gasteiger charge is 2.52. The summed E-state index contributed by atoms with van der Waals surface area (Å²) in [5, 5.41) is 7.31. The van der Waals surface area contributed by atoms with Gasteiger partial charge in [0.2, 0.25) is 0 Å². The van der Waals surface area contributed by atoms with E-state index in [-0.39, 0.29) is 23.6 Å². The highest BCUT2D eigenvalue weighted by atomic mass is 16.1. The Kier molecular flexibility index (Phi) is 4.34. The Morgan fingerprint density at radius 3 is 2.41 bits per heavy atom. The van der Waals surface area contributed by atoms with Crippen molar-refractivity contribution < 1.29 is 0 Å². The molecule has 2 aliphatic heterocycles. The second-order valence-electron chi connectivity index (χ2n) is 9.41. The standard InChI is InChI=1S/C28H25N5O/c34-28-25-26-24-21(14-9-15-22(24)33(30-26)20-12-5-2-6-13-20)32(18-19-10-3-1-4-11-19)27(25)29-23-16-7-8-17-31(23)28/h1-8,10-13,16-17,21-22,24H,9,14-15,18H2/t21-,22+,24-/m0/s1. The second-order valence-corrected chi connectivity index (χ2v) is 9.41. The molecule has 3 aliphatic rings. The Morgan fingerprint density at radius 1 is 0.853 bits per heavy atom. The van der Waals surface area contributed by atoms with Crippen molar-refractivity contribution in [2.75, 3.05) is 9.91 Å². The average molecular weight is 448 g/mol. The number of hydrazone groups is 1. The van der Waals surface area contributed by atoms with E-state index in [9.17, 15) is 4.79 Å². The van der Waals surface area contributed by atoms with E-state index in [2.05, 4.69) is 58.4 Å². The SMILES string of the molecule is O=c1c2c(nc3ccccn13)N(Cc1ccccc1)[C@H]1CCC[C@@H]3[C@H]1C2=NN3c1ccccc1. The van der Waals surface area contributed by atoms with Gasteiger partial charge in [0.1, 0.15) is 17.0 Å². The molecule has 2 aromatic heterocycles. The van der Waals surface area contributed by atoms with Gasteiger partial charge in [0.05, 0.1) is 17.4 Å². The first-order valence-corrected chi connectivity index (χ1v) is 12.0. The van der Waals surface area contributed by atoms with Crippen molar-refractivity contribution in [3.63, 3.8) is 0 Å². The number of pyridine rings is 1. The Morgan fingerprint density at radius 2 is 1.59 bits per heavy atom. The Bertz CT molecular complexity index is 1460. The number of nitrogens with zero attached hydrogens (tertiary/aromatic N) is 5. The van der Waals surface area contributed by atoms with Gasteiger partial charge in [0.15, 0.2) is 0 Å². The highest BCUT2D eigenvalue weighted by molar-refractivity contribution is 6.10. The predicted octanol–water partition coefficient (Wildman–Crippen LogP) is 4.48. The number of aromatic nitrogens is 2. The summed E-state index contributed by atoms with van der Waals surface area (Å²) >= 11 is 0. The van der Waals surface area contributed by atoms with E-state index in [1.54, 1.807) is 10.6 Å². The molecule has 0 N–H and O–H groups in total. The molecule has 6 heteroatoms. The maximum Gasteiger partial charge on any atom is 0.269 e. The molecular weight excluding hydrogens is 422 g/mol. The van der Waals surface area contributed by atoms with Gasteiger partial charge in [-0.25, -0.2) is 4.98 Å². The molecule has 0 saturated heterocycles. The van der Waals surface area contributed by atoms with Gasteiger partial charge >= 0.3 is 0 Å². The third-order valence-corrected chi connectivity index (χ3v) is 7.53. The number of hydrogen-bond acceptors (Lipinski definition) is 5. The molecule has 0 bridgehead atoms. The molecule has 1 saturated carbocycles. The second kappa shape index (κ2) is 7.55. The number of para-hydroxylation sites is 1. The molecule has 0 unspecified atom stereocenters. The number of benzene rings is 2. The largest absolute Gasteiger partial charge is 0.348 e. The predicted molar refractivity (Wildman–Crippen MR) is 134 cm³/mol. The molecule has 4 heterocycles. The van der Waals surface area contributed by atoms with Crippen molar-refractivity contribution >= 4 is 22.9 Å². The summed E-state index contributed by atoms with van der Waals surface area (Å²) in [5.74, 6) is 0.956. The van der Waals surface area contributed by atoms with Crippen LogP contribution in [0.3, 0.4) is 0 Å². The van der Waals surface area contributed by atoms with Crippen LogP contribution in [0.5, 0.6) is 0 Å². The fraction of sp³-hybridized carbons (Fsp3) is 0.250. The van der Waals surface area contributed by atoms with Crippen LogP contribution in [0.2, 0.25) is 0 Å². The number of anilines is 2. The molecule has 0 spiro atoms. The van der Waals surface area contributed by atoms with Crippen molar-refractivity contribution in [1.82, 2.24) is 9.38 Å². The van der Waals surface area contributed by atoms with Crippen LogP contribution in [0.4, 0.5) is 11.5 Å². The first-order chi connectivity index (χ1) is 16.8. The lowest BCUT2D eigenvalue weighted by Gasteiger charge is -2.46. The lowest BCUT2D eigenvalue weighted by Crippen LogP contribution is -2.56. The normalized spacial score (nSPS) is 22.9. The molecule has 34 heavy (non-hydrogen) atoms. The molecule has 2 aromatic carbocycles. The summed E-state index contributed by atoms with van der Waals surface area (Å²) in [6.45, 7) is 0.732. The van der Waals surface area contributed by atoms with Gasteiger partial charge in [-0.05, 0) is 49.1 Å². The maximum atomic E-state index is 13.9. The summed E-state index contributed by atoms with van der Waals surface area (Å²) in [6.07, 6.45) is 5.08. The molecule has 1 aliphatic carbocycles. The van der Waals surface area contributed by atoms with Crippen LogP contribution in [0, 0.1) is 5.92 Å². The van der Waals surface area contributed by atoms with Crippen LogP contribution in [0.15, 0.2) is 95.0 Å². The quantitative estimate of drug-likeness (QED) is 0.465. The minimum atomic E-state index is -0.0323. The Balaban J connectivity index is 1.46. The van der Waals surface area contributed by atoms with Gasteiger partial charge in [-0.2, -0.15) is 5.10 Å². The molecule has 0 radical (unpaired) electrons. The van der Waals surface area contributed by atoms with Gasteiger partial charge in [-0.1, -0.05) is 54.6 Å². The van der Waals surface area contributed by atoms with Crippen molar-refractivity contribution in [2.24, 2.45) is 11.0 Å². The molecule has 168 valence electrons. The topological polar surface area (TPSA) is 53.2 Å². The van der Waals surface area contributed by atoms with E-state index < -0.39 is 0 Å². The highest BCUT2D eigenvalue weighted by Crippen LogP contribution is 2.46. The summed E-state index contributed by atoms with van der Waals surface area (Å²) < 4.78 is 1.66. The van der Waals surface area contributed by atoms with Crippen LogP contribution in [0.25, 0.3) is 5.65 Å². The molecule has 4 aromatic rings. The van der Waals surface area contributed by atoms with Crippen LogP contribution >= 0.6 is 0 Å². The third kappa shape index (κ3) is 2.84. The maximum absolute atomic E-state index is 13.9. The summed E-state index contributed by atoms with van der Waals surface area (Å²) in [7, 11) is 0. The van der Waals surface area contributed by atoms with Gasteiger partial charge < -0.3 is 4.90 Å². The van der Waals surface area contributed by atoms with Crippen molar-refractivity contribution in [2.45, 2.75) is 37.9 Å². The van der Waals surface area contributed by atoms with E-state index in [0.29, 0.717) is 11.2 Å². The Labute approximate surface area is 197 Å². The van der Waals surface area contributed by atoms with E-state index in [0.717, 1.165) is 43.0 Å². The van der Waals surface area contributed by atoms with Gasteiger partial charge in [-0.15, -0.1) is 0 Å². The molecular formula is C28H25N5O. The van der Waals surface area contributed by atoms with E-state index in [1.165, 1.54) is 5.56 Å². The van der Waals surface area contributed by atoms with E-state index in [1.807, 2.05) is 30.3 Å². The molecule has 7 rings (SSSR count). The Hall–Kier alpha value is -3.93. The molecule has 1 fully saturated rings. The fourth-order valence-electron chi connectivity index (χ4n) is 6.08. The lowest BCUT2D eigenvalue weighted by molar-refractivity contribution is 0.315. The van der Waals surface area contributed by atoms with Gasteiger partial charge in [-0.3, -0.25) is 14.2 Å². The third-order valence-electron chi connectivity index (χ3n) is 7.53. The zero-order valence-electron chi connectivity index (χ0n) is 18.8. The van der Waals surface area contributed by atoms with Crippen molar-refractivity contribution in [1.29, 1.82) is 0 Å². The summed E-state index contributed by atoms with van der Waals surface area (Å²) in [4.78, 5) is 21.3. The lowest BCUT2D eigenvalue weighted by atomic mass is 9.73. The van der Waals surface area contributed by atoms with E-state index in [4.69, 9.17) is 10.1 Å². The average Bonchev–Trinajstić information content (AvgIpc) is 3.28. The first-order valence-electron chi connectivity index (χ1n) is 12.0. The monoisotopic (exact) mass is 447 g/mol. The number of hydrogen-bond donors (Lipinski definition) is 0. The molecule has 3 atom stereocenters. The minimum Gasteiger partial charge on any atom is -0.348 e. The summed E-state index contributed by atoms with van der Waals surface area (Å²) in [5.41, 5.74) is 4.52. The molecule has 0 amide bonds. The van der Waals surface area contributed by atoms with Crippen LogP contribution in [0.1, 0.15) is 30.4 Å². The first kappa shape index (κ1) is 19.5. The minimum absolute atomic E-state index is 0.0323.